The standard InChI is InChI=1S/C19H20N4OS/c1-2-7-15(8-3-1)22-19-23(21-13-16-9-4-5-11-20-16)17(14-25-19)18-10-6-12-24-18/h4-6,9-15H,1-3,7-8H2. The van der Waals surface area contributed by atoms with Crippen LogP contribution in [0.15, 0.2) is 62.7 Å². The molecule has 25 heavy (non-hydrogen) atoms. The third-order valence-electron chi connectivity index (χ3n) is 4.32. The summed E-state index contributed by atoms with van der Waals surface area (Å²) in [6, 6.07) is 10.0. The molecule has 1 saturated carbocycles. The highest BCUT2D eigenvalue weighted by molar-refractivity contribution is 7.07. The molecule has 6 heteroatoms. The van der Waals surface area contributed by atoms with E-state index in [9.17, 15) is 0 Å². The first-order valence-electron chi connectivity index (χ1n) is 8.64. The van der Waals surface area contributed by atoms with Crippen LogP contribution in [0.4, 0.5) is 0 Å². The first-order chi connectivity index (χ1) is 12.4. The maximum Gasteiger partial charge on any atom is 0.206 e. The van der Waals surface area contributed by atoms with Gasteiger partial charge in [0.15, 0.2) is 5.76 Å². The molecule has 1 aliphatic carbocycles. The van der Waals surface area contributed by atoms with Crippen molar-refractivity contribution in [3.63, 3.8) is 0 Å². The Kier molecular flexibility index (Phi) is 4.88. The van der Waals surface area contributed by atoms with E-state index in [-0.39, 0.29) is 0 Å². The molecule has 5 nitrogen and oxygen atoms in total. The normalized spacial score (nSPS) is 16.7. The highest BCUT2D eigenvalue weighted by Gasteiger charge is 2.14. The van der Waals surface area contributed by atoms with Crippen molar-refractivity contribution in [3.05, 3.63) is 58.7 Å². The van der Waals surface area contributed by atoms with Crippen molar-refractivity contribution >= 4 is 17.6 Å². The number of hydrogen-bond acceptors (Lipinski definition) is 5. The summed E-state index contributed by atoms with van der Waals surface area (Å²) >= 11 is 1.61. The summed E-state index contributed by atoms with van der Waals surface area (Å²) in [4.78, 5) is 10.2. The van der Waals surface area contributed by atoms with Gasteiger partial charge in [-0.1, -0.05) is 25.3 Å². The second kappa shape index (κ2) is 7.61. The molecule has 0 saturated heterocycles. The number of nitrogens with zero attached hydrogens (tertiary/aromatic N) is 4. The van der Waals surface area contributed by atoms with Crippen LogP contribution in [-0.4, -0.2) is 21.9 Å². The smallest absolute Gasteiger partial charge is 0.206 e. The molecule has 3 aromatic heterocycles. The maximum absolute atomic E-state index is 5.57. The average molecular weight is 352 g/mol. The highest BCUT2D eigenvalue weighted by Crippen LogP contribution is 2.22. The van der Waals surface area contributed by atoms with E-state index in [4.69, 9.17) is 9.41 Å². The predicted octanol–water partition coefficient (Wildman–Crippen LogP) is 4.32. The van der Waals surface area contributed by atoms with Gasteiger partial charge in [0.2, 0.25) is 4.80 Å². The van der Waals surface area contributed by atoms with Crippen LogP contribution in [0, 0.1) is 0 Å². The van der Waals surface area contributed by atoms with Crippen molar-refractivity contribution in [1.82, 2.24) is 9.66 Å². The maximum atomic E-state index is 5.57. The van der Waals surface area contributed by atoms with Gasteiger partial charge in [-0.2, -0.15) is 5.10 Å². The lowest BCUT2D eigenvalue weighted by atomic mass is 9.96. The molecule has 0 spiro atoms. The van der Waals surface area contributed by atoms with E-state index in [1.807, 2.05) is 35.0 Å². The van der Waals surface area contributed by atoms with E-state index < -0.39 is 0 Å². The number of pyridine rings is 1. The van der Waals surface area contributed by atoms with Crippen LogP contribution < -0.4 is 4.80 Å². The third-order valence-corrected chi connectivity index (χ3v) is 5.15. The summed E-state index contributed by atoms with van der Waals surface area (Å²) < 4.78 is 7.44. The zero-order valence-electron chi connectivity index (χ0n) is 13.9. The molecule has 1 fully saturated rings. The first kappa shape index (κ1) is 16.0. The fraction of sp³-hybridized carbons (Fsp3) is 0.316. The molecule has 4 rings (SSSR count). The van der Waals surface area contributed by atoms with E-state index in [2.05, 4.69) is 15.5 Å². The van der Waals surface area contributed by atoms with E-state index in [1.54, 1.807) is 30.0 Å². The topological polar surface area (TPSA) is 55.7 Å². The van der Waals surface area contributed by atoms with Crippen molar-refractivity contribution in [2.45, 2.75) is 38.1 Å². The molecule has 0 bridgehead atoms. The van der Waals surface area contributed by atoms with Crippen molar-refractivity contribution < 1.29 is 4.42 Å². The summed E-state index contributed by atoms with van der Waals surface area (Å²) in [5.74, 6) is 0.791. The lowest BCUT2D eigenvalue weighted by molar-refractivity contribution is 0.435. The van der Waals surface area contributed by atoms with Gasteiger partial charge in [0.25, 0.3) is 0 Å². The molecule has 0 radical (unpaired) electrons. The largest absolute Gasteiger partial charge is 0.463 e. The minimum Gasteiger partial charge on any atom is -0.463 e. The van der Waals surface area contributed by atoms with E-state index in [0.29, 0.717) is 6.04 Å². The molecule has 0 N–H and O–H groups in total. The fourth-order valence-corrected chi connectivity index (χ4v) is 3.92. The summed E-state index contributed by atoms with van der Waals surface area (Å²) in [7, 11) is 0. The SMILES string of the molecule is C(=Nn1c(-c2ccco2)csc1=NC1CCCCC1)c1ccccn1. The Morgan fingerprint density at radius 2 is 2.08 bits per heavy atom. The Bertz CT molecular complexity index is 887. The molecule has 3 aromatic rings. The van der Waals surface area contributed by atoms with E-state index >= 15 is 0 Å². The van der Waals surface area contributed by atoms with Gasteiger partial charge >= 0.3 is 0 Å². The Balaban J connectivity index is 1.74. The second-order valence-electron chi connectivity index (χ2n) is 6.11. The van der Waals surface area contributed by atoms with Crippen LogP contribution in [0.2, 0.25) is 0 Å². The molecule has 1 aliphatic rings. The van der Waals surface area contributed by atoms with Crippen molar-refractivity contribution in [1.29, 1.82) is 0 Å². The summed E-state index contributed by atoms with van der Waals surface area (Å²) in [5.41, 5.74) is 1.73. The molecular formula is C19H20N4OS. The summed E-state index contributed by atoms with van der Waals surface area (Å²) in [5, 5.41) is 6.70. The number of furan rings is 1. The third kappa shape index (κ3) is 3.79. The van der Waals surface area contributed by atoms with Crippen molar-refractivity contribution in [3.8, 4) is 11.5 Å². The summed E-state index contributed by atoms with van der Waals surface area (Å²) in [6.07, 6.45) is 11.4. The van der Waals surface area contributed by atoms with Crippen LogP contribution in [0.3, 0.4) is 0 Å². The molecule has 0 unspecified atom stereocenters. The zero-order valence-corrected chi connectivity index (χ0v) is 14.7. The zero-order chi connectivity index (χ0) is 16.9. The molecular weight excluding hydrogens is 332 g/mol. The quantitative estimate of drug-likeness (QED) is 0.657. The van der Waals surface area contributed by atoms with Gasteiger partial charge < -0.3 is 4.42 Å². The minimum atomic E-state index is 0.396. The second-order valence-corrected chi connectivity index (χ2v) is 6.95. The van der Waals surface area contributed by atoms with Crippen molar-refractivity contribution in [2.24, 2.45) is 10.1 Å². The van der Waals surface area contributed by atoms with E-state index in [1.165, 1.54) is 19.3 Å². The molecule has 128 valence electrons. The highest BCUT2D eigenvalue weighted by atomic mass is 32.1. The van der Waals surface area contributed by atoms with E-state index in [0.717, 1.165) is 34.8 Å². The fourth-order valence-electron chi connectivity index (χ4n) is 3.03. The average Bonchev–Trinajstić information content (AvgIpc) is 3.31. The van der Waals surface area contributed by atoms with Crippen LogP contribution in [0.25, 0.3) is 11.5 Å². The van der Waals surface area contributed by atoms with Gasteiger partial charge in [0.05, 0.1) is 24.2 Å². The number of aromatic nitrogens is 2. The van der Waals surface area contributed by atoms with Crippen LogP contribution in [0.5, 0.6) is 0 Å². The number of hydrogen-bond donors (Lipinski definition) is 0. The van der Waals surface area contributed by atoms with Crippen molar-refractivity contribution in [2.75, 3.05) is 0 Å². The van der Waals surface area contributed by atoms with Crippen LogP contribution >= 0.6 is 11.3 Å². The number of rotatable bonds is 4. The molecule has 0 aliphatic heterocycles. The molecule has 3 heterocycles. The Hall–Kier alpha value is -2.47. The molecule has 0 aromatic carbocycles. The summed E-state index contributed by atoms with van der Waals surface area (Å²) in [6.45, 7) is 0. The van der Waals surface area contributed by atoms with Gasteiger partial charge in [-0.25, -0.2) is 4.68 Å². The Morgan fingerprint density at radius 1 is 1.16 bits per heavy atom. The van der Waals surface area contributed by atoms with Gasteiger partial charge in [-0.15, -0.1) is 11.3 Å². The van der Waals surface area contributed by atoms with Gasteiger partial charge in [0, 0.05) is 11.6 Å². The van der Waals surface area contributed by atoms with Crippen LogP contribution in [-0.2, 0) is 0 Å². The van der Waals surface area contributed by atoms with Crippen LogP contribution in [0.1, 0.15) is 37.8 Å². The first-order valence-corrected chi connectivity index (χ1v) is 9.52. The van der Waals surface area contributed by atoms with Gasteiger partial charge in [-0.05, 0) is 37.1 Å². The monoisotopic (exact) mass is 352 g/mol. The lowest BCUT2D eigenvalue weighted by Crippen LogP contribution is -2.19. The Morgan fingerprint density at radius 3 is 2.84 bits per heavy atom. The minimum absolute atomic E-state index is 0.396. The molecule has 0 atom stereocenters. The predicted molar refractivity (Wildman–Crippen MR) is 99.7 cm³/mol. The number of thiazole rings is 1. The van der Waals surface area contributed by atoms with Gasteiger partial charge in [0.1, 0.15) is 5.69 Å². The van der Waals surface area contributed by atoms with Gasteiger partial charge in [-0.3, -0.25) is 9.98 Å². The lowest BCUT2D eigenvalue weighted by Gasteiger charge is -2.16. The molecule has 0 amide bonds. The Labute approximate surface area is 150 Å².